The first-order chi connectivity index (χ1) is 19.0. The molecule has 10 heteroatoms. The molecule has 0 saturated heterocycles. The van der Waals surface area contributed by atoms with E-state index < -0.39 is 41.1 Å². The molecule has 0 aliphatic heterocycles. The fourth-order valence-corrected chi connectivity index (χ4v) is 3.91. The number of aromatic hydroxyl groups is 2. The van der Waals surface area contributed by atoms with Crippen molar-refractivity contribution < 1.29 is 42.9 Å². The molecule has 3 aromatic rings. The van der Waals surface area contributed by atoms with Gasteiger partial charge in [-0.05, 0) is 65.2 Å². The van der Waals surface area contributed by atoms with Crippen LogP contribution in [0.25, 0.3) is 12.2 Å². The number of allylic oxidation sites excluding steroid dienone is 2. The molecule has 208 valence electrons. The zero-order valence-corrected chi connectivity index (χ0v) is 21.9. The molecule has 0 fully saturated rings. The van der Waals surface area contributed by atoms with Crippen LogP contribution >= 0.6 is 0 Å². The highest BCUT2D eigenvalue weighted by atomic mass is 19.2. The Labute approximate surface area is 229 Å². The van der Waals surface area contributed by atoms with Crippen molar-refractivity contribution in [3.63, 3.8) is 0 Å². The van der Waals surface area contributed by atoms with Crippen molar-refractivity contribution in [2.24, 2.45) is 5.92 Å². The van der Waals surface area contributed by atoms with Crippen molar-refractivity contribution in [1.82, 2.24) is 5.32 Å². The Balaban J connectivity index is 2.05. The number of methoxy groups -OCH3 is 2. The van der Waals surface area contributed by atoms with E-state index in [0.29, 0.717) is 11.1 Å². The van der Waals surface area contributed by atoms with Crippen molar-refractivity contribution >= 4 is 29.6 Å². The van der Waals surface area contributed by atoms with E-state index in [2.05, 4.69) is 5.32 Å². The first kappa shape index (κ1) is 29.6. The molecular formula is C30H27F2NO7. The van der Waals surface area contributed by atoms with Crippen LogP contribution in [0.2, 0.25) is 0 Å². The van der Waals surface area contributed by atoms with Gasteiger partial charge < -0.3 is 25.0 Å². The molecular weight excluding hydrogens is 524 g/mol. The van der Waals surface area contributed by atoms with Gasteiger partial charge in [0.05, 0.1) is 20.3 Å². The number of hydrogen-bond acceptors (Lipinski definition) is 7. The number of phenolic OH excluding ortho intramolecular Hbond substituents is 2. The molecule has 8 nitrogen and oxygen atoms in total. The minimum absolute atomic E-state index is 0.000190. The number of carbonyl (C=O) groups is 3. The SMILES string of the molecule is COc1cc(/C=C/C(=O)C(C(=O)/C=C/c2ccc(O)c(OC)c2)C(NC(C)=O)c2ccc(F)c(F)c2)ccc1O. The van der Waals surface area contributed by atoms with Gasteiger partial charge in [0.25, 0.3) is 0 Å². The lowest BCUT2D eigenvalue weighted by molar-refractivity contribution is -0.129. The number of ketones is 2. The Morgan fingerprint density at radius 1 is 0.775 bits per heavy atom. The Kier molecular flexibility index (Phi) is 9.75. The third-order valence-corrected chi connectivity index (χ3v) is 5.90. The van der Waals surface area contributed by atoms with E-state index in [4.69, 9.17) is 9.47 Å². The fourth-order valence-electron chi connectivity index (χ4n) is 3.91. The van der Waals surface area contributed by atoms with Crippen molar-refractivity contribution in [3.05, 3.63) is 95.1 Å². The van der Waals surface area contributed by atoms with Gasteiger partial charge in [0.15, 0.2) is 46.2 Å². The zero-order valence-electron chi connectivity index (χ0n) is 21.9. The van der Waals surface area contributed by atoms with Crippen LogP contribution < -0.4 is 14.8 Å². The molecule has 3 rings (SSSR count). The van der Waals surface area contributed by atoms with Crippen LogP contribution in [0.4, 0.5) is 8.78 Å². The Morgan fingerprint density at radius 3 is 1.70 bits per heavy atom. The fraction of sp³-hybridized carbons (Fsp3) is 0.167. The summed E-state index contributed by atoms with van der Waals surface area (Å²) in [6.07, 6.45) is 4.99. The highest BCUT2D eigenvalue weighted by Gasteiger charge is 2.34. The largest absolute Gasteiger partial charge is 0.504 e. The summed E-state index contributed by atoms with van der Waals surface area (Å²) in [5.74, 6) is -5.93. The van der Waals surface area contributed by atoms with Crippen LogP contribution in [0.1, 0.15) is 29.7 Å². The second kappa shape index (κ2) is 13.2. The van der Waals surface area contributed by atoms with E-state index in [0.717, 1.165) is 31.2 Å². The minimum atomic E-state index is -1.57. The molecule has 3 N–H and O–H groups in total. The van der Waals surface area contributed by atoms with Crippen LogP contribution in [-0.4, -0.2) is 41.9 Å². The number of benzene rings is 3. The van der Waals surface area contributed by atoms with Gasteiger partial charge >= 0.3 is 0 Å². The summed E-state index contributed by atoms with van der Waals surface area (Å²) in [7, 11) is 2.72. The average molecular weight is 552 g/mol. The predicted octanol–water partition coefficient (Wildman–Crippen LogP) is 4.75. The predicted molar refractivity (Wildman–Crippen MR) is 144 cm³/mol. The number of nitrogens with one attached hydrogen (secondary N) is 1. The molecule has 0 radical (unpaired) electrons. The lowest BCUT2D eigenvalue weighted by Gasteiger charge is -2.25. The molecule has 0 saturated carbocycles. The van der Waals surface area contributed by atoms with Crippen molar-refractivity contribution in [2.75, 3.05) is 14.2 Å². The van der Waals surface area contributed by atoms with Crippen LogP contribution in [-0.2, 0) is 14.4 Å². The van der Waals surface area contributed by atoms with E-state index in [1.807, 2.05) is 0 Å². The van der Waals surface area contributed by atoms with E-state index in [-0.39, 0.29) is 28.6 Å². The molecule has 0 aliphatic carbocycles. The van der Waals surface area contributed by atoms with Crippen LogP contribution in [0.5, 0.6) is 23.0 Å². The first-order valence-electron chi connectivity index (χ1n) is 11.9. The lowest BCUT2D eigenvalue weighted by atomic mass is 9.85. The Morgan fingerprint density at radius 2 is 1.27 bits per heavy atom. The van der Waals surface area contributed by atoms with Gasteiger partial charge in [0.2, 0.25) is 5.91 Å². The highest BCUT2D eigenvalue weighted by Crippen LogP contribution is 2.30. The Hall–Kier alpha value is -4.99. The van der Waals surface area contributed by atoms with Gasteiger partial charge in [-0.1, -0.05) is 30.4 Å². The number of amides is 1. The molecule has 1 amide bonds. The van der Waals surface area contributed by atoms with Gasteiger partial charge in [0, 0.05) is 6.92 Å². The Bertz CT molecular complexity index is 1410. The topological polar surface area (TPSA) is 122 Å². The molecule has 1 unspecified atom stereocenters. The average Bonchev–Trinajstić information content (AvgIpc) is 2.93. The summed E-state index contributed by atoms with van der Waals surface area (Å²) in [4.78, 5) is 39.1. The van der Waals surface area contributed by atoms with Gasteiger partial charge in [0.1, 0.15) is 5.92 Å². The first-order valence-corrected chi connectivity index (χ1v) is 11.9. The molecule has 1 atom stereocenters. The molecule has 0 aliphatic rings. The van der Waals surface area contributed by atoms with Crippen molar-refractivity contribution in [2.45, 2.75) is 13.0 Å². The maximum absolute atomic E-state index is 14.1. The maximum atomic E-state index is 14.1. The van der Waals surface area contributed by atoms with E-state index in [1.54, 1.807) is 0 Å². The zero-order chi connectivity index (χ0) is 29.4. The molecule has 0 bridgehead atoms. The van der Waals surface area contributed by atoms with Crippen LogP contribution in [0.3, 0.4) is 0 Å². The number of hydrogen-bond donors (Lipinski definition) is 3. The summed E-state index contributed by atoms with van der Waals surface area (Å²) in [5, 5.41) is 22.1. The standard InChI is InChI=1S/C30H27F2NO7/c1-17(34)33-30(20-8-9-21(31)22(32)16-20)29(25(37)12-6-18-4-10-23(35)27(14-18)39-2)26(38)13-7-19-5-11-24(36)28(15-19)40-3/h4-16,29-30,35-36H,1-3H3,(H,33,34)/b12-6+,13-7+. The molecule has 3 aromatic carbocycles. The van der Waals surface area contributed by atoms with E-state index in [1.165, 1.54) is 68.8 Å². The van der Waals surface area contributed by atoms with Crippen LogP contribution in [0.15, 0.2) is 66.7 Å². The monoisotopic (exact) mass is 551 g/mol. The number of ether oxygens (including phenoxy) is 2. The minimum Gasteiger partial charge on any atom is -0.504 e. The van der Waals surface area contributed by atoms with Gasteiger partial charge in [-0.15, -0.1) is 0 Å². The number of carbonyl (C=O) groups excluding carboxylic acids is 3. The van der Waals surface area contributed by atoms with E-state index in [9.17, 15) is 33.4 Å². The third kappa shape index (κ3) is 7.31. The van der Waals surface area contributed by atoms with Gasteiger partial charge in [-0.2, -0.15) is 0 Å². The van der Waals surface area contributed by atoms with E-state index >= 15 is 0 Å². The molecule has 0 aromatic heterocycles. The quantitative estimate of drug-likeness (QED) is 0.232. The summed E-state index contributed by atoms with van der Waals surface area (Å²) < 4.78 is 37.9. The normalized spacial score (nSPS) is 12.1. The number of rotatable bonds is 11. The number of halogens is 2. The van der Waals surface area contributed by atoms with Gasteiger partial charge in [-0.3, -0.25) is 14.4 Å². The number of phenols is 2. The summed E-state index contributed by atoms with van der Waals surface area (Å²) >= 11 is 0. The summed E-state index contributed by atoms with van der Waals surface area (Å²) in [6.45, 7) is 1.16. The summed E-state index contributed by atoms with van der Waals surface area (Å²) in [6, 6.07) is 10.2. The summed E-state index contributed by atoms with van der Waals surface area (Å²) in [5.41, 5.74) is 0.926. The molecule has 0 heterocycles. The lowest BCUT2D eigenvalue weighted by Crippen LogP contribution is -2.39. The van der Waals surface area contributed by atoms with Crippen molar-refractivity contribution in [1.29, 1.82) is 0 Å². The maximum Gasteiger partial charge on any atom is 0.217 e. The second-order valence-corrected chi connectivity index (χ2v) is 8.66. The smallest absolute Gasteiger partial charge is 0.217 e. The van der Waals surface area contributed by atoms with Crippen molar-refractivity contribution in [3.8, 4) is 23.0 Å². The third-order valence-electron chi connectivity index (χ3n) is 5.90. The molecule has 40 heavy (non-hydrogen) atoms. The second-order valence-electron chi connectivity index (χ2n) is 8.66. The van der Waals surface area contributed by atoms with Crippen LogP contribution in [0, 0.1) is 17.6 Å². The highest BCUT2D eigenvalue weighted by molar-refractivity contribution is 6.14. The molecule has 0 spiro atoms. The van der Waals surface area contributed by atoms with Gasteiger partial charge in [-0.25, -0.2) is 8.78 Å².